The summed E-state index contributed by atoms with van der Waals surface area (Å²) < 4.78 is 25.7. The second kappa shape index (κ2) is 4.83. The first-order valence-electron chi connectivity index (χ1n) is 8.92. The highest BCUT2D eigenvalue weighted by atomic mass is 32.2. The Morgan fingerprint density at radius 2 is 2.08 bits per heavy atom. The molecule has 0 aromatic carbocycles. The van der Waals surface area contributed by atoms with Gasteiger partial charge in [0.2, 0.25) is 10.0 Å². The first-order chi connectivity index (χ1) is 12.2. The van der Waals surface area contributed by atoms with Gasteiger partial charge >= 0.3 is 0 Å². The molecule has 0 unspecified atom stereocenters. The van der Waals surface area contributed by atoms with Gasteiger partial charge in [-0.05, 0) is 43.1 Å². The zero-order valence-electron chi connectivity index (χ0n) is 14.8. The van der Waals surface area contributed by atoms with Gasteiger partial charge in [0, 0.05) is 12.1 Å². The summed E-state index contributed by atoms with van der Waals surface area (Å²) in [6.45, 7) is 4.38. The minimum Gasteiger partial charge on any atom is -0.345 e. The fourth-order valence-corrected chi connectivity index (χ4v) is 6.31. The smallest absolute Gasteiger partial charge is 0.215 e. The van der Waals surface area contributed by atoms with Crippen LogP contribution in [0.2, 0.25) is 0 Å². The van der Waals surface area contributed by atoms with Gasteiger partial charge in [0.25, 0.3) is 0 Å². The minimum absolute atomic E-state index is 0.0633. The lowest BCUT2D eigenvalue weighted by atomic mass is 9.81. The predicted molar refractivity (Wildman–Crippen MR) is 97.0 cm³/mol. The lowest BCUT2D eigenvalue weighted by Crippen LogP contribution is -2.36. The number of primary sulfonamides is 1. The summed E-state index contributed by atoms with van der Waals surface area (Å²) in [4.78, 5) is 7.49. The van der Waals surface area contributed by atoms with Crippen LogP contribution in [0.1, 0.15) is 51.3 Å². The highest BCUT2D eigenvalue weighted by molar-refractivity contribution is 7.90. The van der Waals surface area contributed by atoms with E-state index in [9.17, 15) is 8.42 Å². The van der Waals surface area contributed by atoms with E-state index in [0.29, 0.717) is 18.5 Å². The minimum atomic E-state index is -3.54. The Labute approximate surface area is 151 Å². The summed E-state index contributed by atoms with van der Waals surface area (Å²) in [6.07, 6.45) is 6.49. The van der Waals surface area contributed by atoms with Crippen molar-refractivity contribution >= 4 is 26.8 Å². The molecule has 2 aliphatic rings. The molecule has 5 rings (SSSR count). The van der Waals surface area contributed by atoms with Crippen molar-refractivity contribution in [2.45, 2.75) is 50.2 Å². The number of sulfonamides is 1. The van der Waals surface area contributed by atoms with Crippen LogP contribution in [-0.2, 0) is 10.0 Å². The summed E-state index contributed by atoms with van der Waals surface area (Å²) in [5.74, 6) is 1.06. The molecule has 138 valence electrons. The molecule has 0 aliphatic heterocycles. The molecule has 0 bridgehead atoms. The molecule has 0 amide bonds. The molecule has 2 aliphatic carbocycles. The molecule has 9 heteroatoms. The van der Waals surface area contributed by atoms with E-state index in [-0.39, 0.29) is 17.3 Å². The molecule has 2 saturated carbocycles. The zero-order valence-corrected chi connectivity index (χ0v) is 15.6. The van der Waals surface area contributed by atoms with Crippen LogP contribution in [0.15, 0.2) is 18.5 Å². The van der Waals surface area contributed by atoms with Gasteiger partial charge in [0.15, 0.2) is 11.3 Å². The predicted octanol–water partition coefficient (Wildman–Crippen LogP) is 1.95. The maximum Gasteiger partial charge on any atom is 0.215 e. The van der Waals surface area contributed by atoms with Gasteiger partial charge in [-0.1, -0.05) is 13.8 Å². The van der Waals surface area contributed by atoms with E-state index in [1.165, 1.54) is 0 Å². The number of fused-ring (bicyclic) bond motifs is 3. The van der Waals surface area contributed by atoms with E-state index in [2.05, 4.69) is 34.0 Å². The van der Waals surface area contributed by atoms with Crippen molar-refractivity contribution in [3.8, 4) is 0 Å². The van der Waals surface area contributed by atoms with Crippen LogP contribution in [0.4, 0.5) is 0 Å². The molecule has 3 aromatic heterocycles. The van der Waals surface area contributed by atoms with Crippen molar-refractivity contribution in [3.05, 3.63) is 24.3 Å². The van der Waals surface area contributed by atoms with Crippen LogP contribution >= 0.6 is 0 Å². The summed E-state index contributed by atoms with van der Waals surface area (Å²) in [5.41, 5.74) is 2.35. The maximum atomic E-state index is 12.2. The van der Waals surface area contributed by atoms with Crippen molar-refractivity contribution < 1.29 is 8.42 Å². The van der Waals surface area contributed by atoms with E-state index >= 15 is 0 Å². The SMILES string of the molecule is CC1(C)C[C@@H](C2(S(N)(=O)=O)CC2)C[C@@H]1c1nnc2cnc3[nH]ccc3n12. The van der Waals surface area contributed by atoms with Crippen LogP contribution < -0.4 is 5.14 Å². The second-order valence-corrected chi connectivity index (χ2v) is 10.4. The van der Waals surface area contributed by atoms with Gasteiger partial charge in [-0.2, -0.15) is 0 Å². The molecule has 0 radical (unpaired) electrons. The molecule has 8 nitrogen and oxygen atoms in total. The van der Waals surface area contributed by atoms with Gasteiger partial charge in [0.05, 0.1) is 16.5 Å². The third-order valence-corrected chi connectivity index (χ3v) is 8.44. The number of nitrogens with zero attached hydrogens (tertiary/aromatic N) is 4. The van der Waals surface area contributed by atoms with E-state index in [4.69, 9.17) is 5.14 Å². The average molecular weight is 374 g/mol. The van der Waals surface area contributed by atoms with Crippen molar-refractivity contribution in [1.29, 1.82) is 0 Å². The van der Waals surface area contributed by atoms with E-state index in [1.54, 1.807) is 6.20 Å². The van der Waals surface area contributed by atoms with Crippen LogP contribution in [0.25, 0.3) is 16.8 Å². The van der Waals surface area contributed by atoms with Gasteiger partial charge in [-0.3, -0.25) is 4.40 Å². The summed E-state index contributed by atoms with van der Waals surface area (Å²) >= 11 is 0. The summed E-state index contributed by atoms with van der Waals surface area (Å²) in [7, 11) is -3.54. The number of aromatic amines is 1. The van der Waals surface area contributed by atoms with Crippen LogP contribution in [0.5, 0.6) is 0 Å². The zero-order chi connectivity index (χ0) is 18.3. The molecule has 3 aromatic rings. The standard InChI is InChI=1S/C17H22N6O2S/c1-16(2)8-10(17(4-5-17)26(18,24)25)7-11(16)15-22-21-13-9-20-14-12(23(13)15)3-6-19-14/h3,6,9-11,19H,4-5,7-8H2,1-2H3,(H2,18,24,25)/t10-,11+/m0/s1. The van der Waals surface area contributed by atoms with Crippen LogP contribution in [-0.4, -0.2) is 37.7 Å². The molecule has 3 heterocycles. The number of nitrogens with one attached hydrogen (secondary N) is 1. The molecule has 2 fully saturated rings. The second-order valence-electron chi connectivity index (χ2n) is 8.51. The maximum absolute atomic E-state index is 12.2. The number of aromatic nitrogens is 5. The molecular formula is C17H22N6O2S. The topological polar surface area (TPSA) is 119 Å². The van der Waals surface area contributed by atoms with Crippen LogP contribution in [0, 0.1) is 11.3 Å². The first kappa shape index (κ1) is 16.2. The Morgan fingerprint density at radius 1 is 1.31 bits per heavy atom. The largest absolute Gasteiger partial charge is 0.345 e. The molecule has 26 heavy (non-hydrogen) atoms. The van der Waals surface area contributed by atoms with Gasteiger partial charge in [-0.25, -0.2) is 18.5 Å². The Hall–Kier alpha value is -2.00. The van der Waals surface area contributed by atoms with E-state index < -0.39 is 14.8 Å². The lowest BCUT2D eigenvalue weighted by molar-refractivity contribution is 0.311. The Balaban J connectivity index is 1.62. The van der Waals surface area contributed by atoms with Crippen molar-refractivity contribution in [2.75, 3.05) is 0 Å². The highest BCUT2D eigenvalue weighted by Gasteiger charge is 2.62. The number of rotatable bonds is 3. The van der Waals surface area contributed by atoms with Crippen molar-refractivity contribution in [1.82, 2.24) is 24.6 Å². The summed E-state index contributed by atoms with van der Waals surface area (Å²) in [6, 6.07) is 1.97. The quantitative estimate of drug-likeness (QED) is 0.726. The molecule has 0 saturated heterocycles. The van der Waals surface area contributed by atoms with E-state index in [0.717, 1.165) is 29.8 Å². The molecular weight excluding hydrogens is 352 g/mol. The normalized spacial score (nSPS) is 27.3. The third-order valence-electron chi connectivity index (χ3n) is 6.57. The Morgan fingerprint density at radius 3 is 2.77 bits per heavy atom. The lowest BCUT2D eigenvalue weighted by Gasteiger charge is -2.26. The van der Waals surface area contributed by atoms with Crippen molar-refractivity contribution in [3.63, 3.8) is 0 Å². The van der Waals surface area contributed by atoms with Gasteiger partial charge < -0.3 is 4.98 Å². The monoisotopic (exact) mass is 374 g/mol. The fraction of sp³-hybridized carbons (Fsp3) is 0.588. The van der Waals surface area contributed by atoms with Crippen molar-refractivity contribution in [2.24, 2.45) is 16.5 Å². The average Bonchev–Trinajstić information content (AvgIpc) is 2.93. The molecule has 3 N–H and O–H groups in total. The fourth-order valence-electron chi connectivity index (χ4n) is 4.99. The number of hydrogen-bond acceptors (Lipinski definition) is 5. The first-order valence-corrected chi connectivity index (χ1v) is 10.5. The van der Waals surface area contributed by atoms with Crippen LogP contribution in [0.3, 0.4) is 0 Å². The summed E-state index contributed by atoms with van der Waals surface area (Å²) in [5, 5.41) is 14.4. The number of hydrogen-bond donors (Lipinski definition) is 2. The molecule has 2 atom stereocenters. The molecule has 0 spiro atoms. The number of nitrogens with two attached hydrogens (primary N) is 1. The highest BCUT2D eigenvalue weighted by Crippen LogP contribution is 2.61. The number of H-pyrrole nitrogens is 1. The van der Waals surface area contributed by atoms with Gasteiger partial charge in [0.1, 0.15) is 5.82 Å². The Kier molecular flexibility index (Phi) is 3.01. The Bertz CT molecular complexity index is 1120. The third kappa shape index (κ3) is 2.04. The van der Waals surface area contributed by atoms with E-state index in [1.807, 2.05) is 16.7 Å². The van der Waals surface area contributed by atoms with Gasteiger partial charge in [-0.15, -0.1) is 10.2 Å².